The summed E-state index contributed by atoms with van der Waals surface area (Å²) in [5.41, 5.74) is 1.37. The van der Waals surface area contributed by atoms with Crippen molar-refractivity contribution in [3.8, 4) is 11.5 Å². The van der Waals surface area contributed by atoms with Gasteiger partial charge >= 0.3 is 0 Å². The average molecular weight is 338 g/mol. The van der Waals surface area contributed by atoms with Crippen LogP contribution in [0.25, 0.3) is 0 Å². The molecule has 1 N–H and O–H groups in total. The SMILES string of the molecule is CC(C)CC[C@@H](c1cccc(Oc2ccccc2)c1)N1CCNCC1. The molecule has 1 fully saturated rings. The molecule has 1 atom stereocenters. The fraction of sp³-hybridized carbons (Fsp3) is 0.455. The first-order valence-electron chi connectivity index (χ1n) is 9.50. The highest BCUT2D eigenvalue weighted by atomic mass is 16.5. The van der Waals surface area contributed by atoms with Crippen LogP contribution in [0.4, 0.5) is 0 Å². The van der Waals surface area contributed by atoms with Gasteiger partial charge in [-0.15, -0.1) is 0 Å². The lowest BCUT2D eigenvalue weighted by Gasteiger charge is -2.35. The summed E-state index contributed by atoms with van der Waals surface area (Å²) in [5.74, 6) is 2.54. The van der Waals surface area contributed by atoms with Crippen LogP contribution in [0.15, 0.2) is 54.6 Å². The monoisotopic (exact) mass is 338 g/mol. The molecule has 0 aliphatic carbocycles. The Morgan fingerprint density at radius 3 is 2.36 bits per heavy atom. The molecule has 0 unspecified atom stereocenters. The Kier molecular flexibility index (Phi) is 6.48. The fourth-order valence-electron chi connectivity index (χ4n) is 3.45. The van der Waals surface area contributed by atoms with Gasteiger partial charge in [0.25, 0.3) is 0 Å². The molecule has 0 bridgehead atoms. The summed E-state index contributed by atoms with van der Waals surface area (Å²) in [7, 11) is 0. The molecule has 1 saturated heterocycles. The van der Waals surface area contributed by atoms with E-state index >= 15 is 0 Å². The fourth-order valence-corrected chi connectivity index (χ4v) is 3.45. The standard InChI is InChI=1S/C22H30N2O/c1-18(2)11-12-22(24-15-13-23-14-16-24)19-7-6-10-21(17-19)25-20-8-4-3-5-9-20/h3-10,17-18,22-23H,11-16H2,1-2H3/t22-/m0/s1. The maximum Gasteiger partial charge on any atom is 0.127 e. The zero-order valence-corrected chi connectivity index (χ0v) is 15.4. The smallest absolute Gasteiger partial charge is 0.127 e. The Balaban J connectivity index is 1.78. The molecule has 1 aliphatic rings. The zero-order valence-electron chi connectivity index (χ0n) is 15.4. The molecule has 0 spiro atoms. The molecule has 0 aromatic heterocycles. The van der Waals surface area contributed by atoms with Gasteiger partial charge in [-0.2, -0.15) is 0 Å². The Morgan fingerprint density at radius 2 is 1.64 bits per heavy atom. The second kappa shape index (κ2) is 9.02. The van der Waals surface area contributed by atoms with Crippen molar-refractivity contribution in [2.75, 3.05) is 26.2 Å². The van der Waals surface area contributed by atoms with Gasteiger partial charge in [-0.05, 0) is 48.6 Å². The predicted molar refractivity (Wildman–Crippen MR) is 104 cm³/mol. The van der Waals surface area contributed by atoms with Gasteiger partial charge in [-0.1, -0.05) is 44.2 Å². The van der Waals surface area contributed by atoms with Crippen LogP contribution in [0.2, 0.25) is 0 Å². The minimum Gasteiger partial charge on any atom is -0.457 e. The highest BCUT2D eigenvalue weighted by molar-refractivity contribution is 5.35. The number of para-hydroxylation sites is 1. The Hall–Kier alpha value is -1.84. The summed E-state index contributed by atoms with van der Waals surface area (Å²) < 4.78 is 6.05. The van der Waals surface area contributed by atoms with Crippen molar-refractivity contribution in [1.82, 2.24) is 10.2 Å². The van der Waals surface area contributed by atoms with Crippen LogP contribution in [0.5, 0.6) is 11.5 Å². The first-order chi connectivity index (χ1) is 12.2. The lowest BCUT2D eigenvalue weighted by Crippen LogP contribution is -2.45. The van der Waals surface area contributed by atoms with E-state index in [0.717, 1.165) is 43.6 Å². The van der Waals surface area contributed by atoms with E-state index in [1.54, 1.807) is 0 Å². The summed E-state index contributed by atoms with van der Waals surface area (Å²) in [6.45, 7) is 9.02. The van der Waals surface area contributed by atoms with Crippen LogP contribution in [0, 0.1) is 5.92 Å². The third-order valence-corrected chi connectivity index (χ3v) is 4.83. The van der Waals surface area contributed by atoms with Crippen LogP contribution in [0.3, 0.4) is 0 Å². The van der Waals surface area contributed by atoms with Gasteiger partial charge in [-0.3, -0.25) is 4.90 Å². The minimum atomic E-state index is 0.476. The summed E-state index contributed by atoms with van der Waals surface area (Å²) in [4.78, 5) is 2.63. The largest absolute Gasteiger partial charge is 0.457 e. The minimum absolute atomic E-state index is 0.476. The van der Waals surface area contributed by atoms with Crippen molar-refractivity contribution in [3.63, 3.8) is 0 Å². The molecule has 25 heavy (non-hydrogen) atoms. The Bertz CT molecular complexity index is 635. The first-order valence-corrected chi connectivity index (χ1v) is 9.50. The van der Waals surface area contributed by atoms with Gasteiger partial charge in [0.1, 0.15) is 11.5 Å². The second-order valence-corrected chi connectivity index (χ2v) is 7.26. The number of hydrogen-bond acceptors (Lipinski definition) is 3. The van der Waals surface area contributed by atoms with Gasteiger partial charge in [0.2, 0.25) is 0 Å². The van der Waals surface area contributed by atoms with E-state index in [0.29, 0.717) is 6.04 Å². The van der Waals surface area contributed by atoms with Gasteiger partial charge in [0.15, 0.2) is 0 Å². The number of rotatable bonds is 7. The first kappa shape index (κ1) is 18.0. The Morgan fingerprint density at radius 1 is 0.920 bits per heavy atom. The molecular weight excluding hydrogens is 308 g/mol. The molecule has 0 radical (unpaired) electrons. The summed E-state index contributed by atoms with van der Waals surface area (Å²) in [6, 6.07) is 19.1. The van der Waals surface area contributed by atoms with Gasteiger partial charge in [-0.25, -0.2) is 0 Å². The average Bonchev–Trinajstić information content (AvgIpc) is 2.64. The second-order valence-electron chi connectivity index (χ2n) is 7.26. The van der Waals surface area contributed by atoms with Gasteiger partial charge in [0.05, 0.1) is 0 Å². The molecule has 3 heteroatoms. The quantitative estimate of drug-likeness (QED) is 0.780. The summed E-state index contributed by atoms with van der Waals surface area (Å²) in [5, 5.41) is 3.46. The van der Waals surface area contributed by atoms with E-state index in [1.807, 2.05) is 36.4 Å². The van der Waals surface area contributed by atoms with E-state index in [2.05, 4.69) is 42.3 Å². The number of nitrogens with one attached hydrogen (secondary N) is 1. The van der Waals surface area contributed by atoms with Crippen LogP contribution in [-0.4, -0.2) is 31.1 Å². The van der Waals surface area contributed by atoms with Crippen LogP contribution in [-0.2, 0) is 0 Å². The van der Waals surface area contributed by atoms with Crippen molar-refractivity contribution in [3.05, 3.63) is 60.2 Å². The van der Waals surface area contributed by atoms with Gasteiger partial charge in [0, 0.05) is 32.2 Å². The topological polar surface area (TPSA) is 24.5 Å². The molecule has 2 aromatic rings. The molecule has 1 aliphatic heterocycles. The molecule has 1 heterocycles. The number of ether oxygens (including phenoxy) is 1. The lowest BCUT2D eigenvalue weighted by molar-refractivity contribution is 0.159. The lowest BCUT2D eigenvalue weighted by atomic mass is 9.95. The van der Waals surface area contributed by atoms with Crippen molar-refractivity contribution in [1.29, 1.82) is 0 Å². The van der Waals surface area contributed by atoms with Crippen molar-refractivity contribution in [2.24, 2.45) is 5.92 Å². The van der Waals surface area contributed by atoms with Crippen molar-refractivity contribution >= 4 is 0 Å². The maximum atomic E-state index is 6.05. The molecule has 3 nitrogen and oxygen atoms in total. The van der Waals surface area contributed by atoms with E-state index < -0.39 is 0 Å². The van der Waals surface area contributed by atoms with E-state index in [1.165, 1.54) is 18.4 Å². The molecule has 2 aromatic carbocycles. The van der Waals surface area contributed by atoms with Gasteiger partial charge < -0.3 is 10.1 Å². The highest BCUT2D eigenvalue weighted by Gasteiger charge is 2.22. The normalized spacial score (nSPS) is 16.8. The van der Waals surface area contributed by atoms with Crippen LogP contribution >= 0.6 is 0 Å². The number of piperazine rings is 1. The van der Waals surface area contributed by atoms with Crippen LogP contribution in [0.1, 0.15) is 38.3 Å². The summed E-state index contributed by atoms with van der Waals surface area (Å²) >= 11 is 0. The van der Waals surface area contributed by atoms with Crippen molar-refractivity contribution < 1.29 is 4.74 Å². The van der Waals surface area contributed by atoms with E-state index in [9.17, 15) is 0 Å². The van der Waals surface area contributed by atoms with Crippen molar-refractivity contribution in [2.45, 2.75) is 32.7 Å². The molecular formula is C22H30N2O. The maximum absolute atomic E-state index is 6.05. The third-order valence-electron chi connectivity index (χ3n) is 4.83. The molecule has 0 amide bonds. The van der Waals surface area contributed by atoms with Crippen LogP contribution < -0.4 is 10.1 Å². The van der Waals surface area contributed by atoms with E-state index in [4.69, 9.17) is 4.74 Å². The number of hydrogen-bond donors (Lipinski definition) is 1. The highest BCUT2D eigenvalue weighted by Crippen LogP contribution is 2.31. The predicted octanol–water partition coefficient (Wildman–Crippen LogP) is 4.86. The van der Waals surface area contributed by atoms with E-state index in [-0.39, 0.29) is 0 Å². The number of nitrogens with zero attached hydrogens (tertiary/aromatic N) is 1. The molecule has 134 valence electrons. The molecule has 3 rings (SSSR count). The third kappa shape index (κ3) is 5.32. The zero-order chi connectivity index (χ0) is 17.5. The molecule has 0 saturated carbocycles. The number of benzene rings is 2. The Labute approximate surface area is 152 Å². The summed E-state index contributed by atoms with van der Waals surface area (Å²) in [6.07, 6.45) is 2.45.